The summed E-state index contributed by atoms with van der Waals surface area (Å²) < 4.78 is 0. The molecule has 0 bridgehead atoms. The minimum atomic E-state index is -1.39. The van der Waals surface area contributed by atoms with Gasteiger partial charge < -0.3 is 20.4 Å². The number of hydrogen-bond acceptors (Lipinski definition) is 3. The molecule has 1 aliphatic rings. The highest BCUT2D eigenvalue weighted by molar-refractivity contribution is 5.86. The normalized spacial score (nSPS) is 24.6. The highest BCUT2D eigenvalue weighted by Crippen LogP contribution is 2.22. The minimum absolute atomic E-state index is 0.0213. The molecule has 0 saturated carbocycles. The minimum Gasteiger partial charge on any atom is -0.481 e. The molecule has 0 spiro atoms. The molecule has 0 aromatic rings. The van der Waals surface area contributed by atoms with Crippen LogP contribution < -0.4 is 5.32 Å². The number of carboxylic acids is 2. The number of nitrogens with one attached hydrogen (secondary N) is 1. The van der Waals surface area contributed by atoms with Gasteiger partial charge in [0.05, 0.1) is 6.42 Å². The van der Waals surface area contributed by atoms with E-state index in [0.29, 0.717) is 12.5 Å². The van der Waals surface area contributed by atoms with Crippen LogP contribution in [-0.4, -0.2) is 51.7 Å². The van der Waals surface area contributed by atoms with Gasteiger partial charge in [-0.1, -0.05) is 6.92 Å². The smallest absolute Gasteiger partial charge is 0.326 e. The first-order valence-corrected chi connectivity index (χ1v) is 6.34. The lowest BCUT2D eigenvalue weighted by Crippen LogP contribution is -2.54. The molecule has 7 nitrogen and oxygen atoms in total. The van der Waals surface area contributed by atoms with Crippen LogP contribution in [0.15, 0.2) is 0 Å². The Balaban J connectivity index is 2.65. The number of likely N-dealkylation sites (tertiary alicyclic amines) is 1. The van der Waals surface area contributed by atoms with E-state index in [9.17, 15) is 14.4 Å². The second-order valence-electron chi connectivity index (χ2n) is 4.99. The Morgan fingerprint density at radius 3 is 2.47 bits per heavy atom. The molecular weight excluding hydrogens is 252 g/mol. The molecule has 108 valence electrons. The maximum Gasteiger partial charge on any atom is 0.326 e. The monoisotopic (exact) mass is 272 g/mol. The predicted molar refractivity (Wildman–Crippen MR) is 66.8 cm³/mol. The van der Waals surface area contributed by atoms with Gasteiger partial charge in [-0.25, -0.2) is 9.59 Å². The van der Waals surface area contributed by atoms with Gasteiger partial charge >= 0.3 is 18.0 Å². The number of carboxylic acid groups (broad SMARTS) is 2. The number of nitrogens with zero attached hydrogens (tertiary/aromatic N) is 1. The lowest BCUT2D eigenvalue weighted by molar-refractivity contribution is -0.145. The molecule has 1 saturated heterocycles. The molecule has 0 aromatic heterocycles. The van der Waals surface area contributed by atoms with Crippen molar-refractivity contribution < 1.29 is 24.6 Å². The summed E-state index contributed by atoms with van der Waals surface area (Å²) in [6.07, 6.45) is 1.27. The summed E-state index contributed by atoms with van der Waals surface area (Å²) in [4.78, 5) is 35.0. The summed E-state index contributed by atoms with van der Waals surface area (Å²) in [7, 11) is 0. The zero-order chi connectivity index (χ0) is 14.6. The van der Waals surface area contributed by atoms with E-state index in [1.165, 1.54) is 0 Å². The Kier molecular flexibility index (Phi) is 5.14. The summed E-state index contributed by atoms with van der Waals surface area (Å²) in [5.74, 6) is -2.25. The van der Waals surface area contributed by atoms with Gasteiger partial charge in [0.1, 0.15) is 6.04 Å². The molecule has 1 rings (SSSR count). The zero-order valence-corrected chi connectivity index (χ0v) is 11.1. The number of carbonyl (C=O) groups excluding carboxylic acids is 1. The van der Waals surface area contributed by atoms with Gasteiger partial charge in [0.2, 0.25) is 0 Å². The Bertz CT molecular complexity index is 371. The standard InChI is InChI=1S/C12H20N2O5/c1-7-4-3-5-14(8(7)2)12(19)13-9(11(17)18)6-10(15)16/h7-9H,3-6H2,1-2H3,(H,13,19)(H,15,16)(H,17,18). The van der Waals surface area contributed by atoms with Crippen LogP contribution in [0.25, 0.3) is 0 Å². The number of aliphatic carboxylic acids is 2. The number of rotatable bonds is 4. The summed E-state index contributed by atoms with van der Waals surface area (Å²) in [6.45, 7) is 4.52. The van der Waals surface area contributed by atoms with Crippen LogP contribution in [0.5, 0.6) is 0 Å². The predicted octanol–water partition coefficient (Wildman–Crippen LogP) is 0.744. The highest BCUT2D eigenvalue weighted by atomic mass is 16.4. The van der Waals surface area contributed by atoms with E-state index >= 15 is 0 Å². The first-order chi connectivity index (χ1) is 8.82. The Morgan fingerprint density at radius 1 is 1.32 bits per heavy atom. The average molecular weight is 272 g/mol. The number of carbonyl (C=O) groups is 3. The first-order valence-electron chi connectivity index (χ1n) is 6.34. The van der Waals surface area contributed by atoms with E-state index < -0.39 is 30.4 Å². The Hall–Kier alpha value is -1.79. The van der Waals surface area contributed by atoms with E-state index in [4.69, 9.17) is 10.2 Å². The maximum atomic E-state index is 12.0. The van der Waals surface area contributed by atoms with E-state index in [-0.39, 0.29) is 6.04 Å². The fourth-order valence-corrected chi connectivity index (χ4v) is 2.23. The number of hydrogen-bond donors (Lipinski definition) is 3. The van der Waals surface area contributed by atoms with Crippen molar-refractivity contribution in [1.82, 2.24) is 10.2 Å². The topological polar surface area (TPSA) is 107 Å². The van der Waals surface area contributed by atoms with Crippen LogP contribution >= 0.6 is 0 Å². The number of urea groups is 1. The SMILES string of the molecule is CC1CCCN(C(=O)NC(CC(=O)O)C(=O)O)C1C. The number of amides is 2. The van der Waals surface area contributed by atoms with E-state index in [1.54, 1.807) is 4.90 Å². The molecule has 0 radical (unpaired) electrons. The van der Waals surface area contributed by atoms with Crippen molar-refractivity contribution in [3.05, 3.63) is 0 Å². The van der Waals surface area contributed by atoms with Crippen LogP contribution in [0.1, 0.15) is 33.1 Å². The molecule has 3 unspecified atom stereocenters. The molecular formula is C12H20N2O5. The van der Waals surface area contributed by atoms with Crippen LogP contribution in [0.2, 0.25) is 0 Å². The summed E-state index contributed by atoms with van der Waals surface area (Å²) >= 11 is 0. The summed E-state index contributed by atoms with van der Waals surface area (Å²) in [5.41, 5.74) is 0. The average Bonchev–Trinajstić information content (AvgIpc) is 2.31. The third-order valence-electron chi connectivity index (χ3n) is 3.61. The van der Waals surface area contributed by atoms with Gasteiger partial charge in [0.25, 0.3) is 0 Å². The molecule has 2 amide bonds. The molecule has 1 aliphatic heterocycles. The Labute approximate surface area is 111 Å². The zero-order valence-electron chi connectivity index (χ0n) is 11.1. The van der Waals surface area contributed by atoms with Crippen molar-refractivity contribution >= 4 is 18.0 Å². The van der Waals surface area contributed by atoms with Gasteiger partial charge in [-0.05, 0) is 25.7 Å². The van der Waals surface area contributed by atoms with Crippen LogP contribution in [-0.2, 0) is 9.59 Å². The summed E-state index contributed by atoms with van der Waals surface area (Å²) in [6, 6.07) is -1.88. The van der Waals surface area contributed by atoms with Gasteiger partial charge in [0.15, 0.2) is 0 Å². The van der Waals surface area contributed by atoms with Gasteiger partial charge in [-0.3, -0.25) is 4.79 Å². The van der Waals surface area contributed by atoms with Crippen molar-refractivity contribution in [2.24, 2.45) is 5.92 Å². The quantitative estimate of drug-likeness (QED) is 0.700. The molecule has 7 heteroatoms. The van der Waals surface area contributed by atoms with Crippen LogP contribution in [0.4, 0.5) is 4.79 Å². The molecule has 19 heavy (non-hydrogen) atoms. The van der Waals surface area contributed by atoms with Crippen molar-refractivity contribution in [3.63, 3.8) is 0 Å². The van der Waals surface area contributed by atoms with Crippen molar-refractivity contribution in [2.45, 2.75) is 45.2 Å². The maximum absolute atomic E-state index is 12.0. The fourth-order valence-electron chi connectivity index (χ4n) is 2.23. The molecule has 1 heterocycles. The van der Waals surface area contributed by atoms with Crippen molar-refractivity contribution in [1.29, 1.82) is 0 Å². The second-order valence-corrected chi connectivity index (χ2v) is 4.99. The van der Waals surface area contributed by atoms with Crippen molar-refractivity contribution in [2.75, 3.05) is 6.54 Å². The highest BCUT2D eigenvalue weighted by Gasteiger charge is 2.31. The molecule has 3 N–H and O–H groups in total. The van der Waals surface area contributed by atoms with Gasteiger partial charge in [-0.15, -0.1) is 0 Å². The van der Waals surface area contributed by atoms with Crippen LogP contribution in [0.3, 0.4) is 0 Å². The summed E-state index contributed by atoms with van der Waals surface area (Å²) in [5, 5.41) is 19.8. The Morgan fingerprint density at radius 2 is 1.95 bits per heavy atom. The molecule has 3 atom stereocenters. The van der Waals surface area contributed by atoms with E-state index in [1.807, 2.05) is 13.8 Å². The van der Waals surface area contributed by atoms with Gasteiger partial charge in [-0.2, -0.15) is 0 Å². The lowest BCUT2D eigenvalue weighted by Gasteiger charge is -2.38. The van der Waals surface area contributed by atoms with E-state index in [2.05, 4.69) is 5.32 Å². The molecule has 0 aliphatic carbocycles. The molecule has 0 aromatic carbocycles. The molecule has 1 fully saturated rings. The van der Waals surface area contributed by atoms with Gasteiger partial charge in [0, 0.05) is 12.6 Å². The fraction of sp³-hybridized carbons (Fsp3) is 0.750. The van der Waals surface area contributed by atoms with Crippen molar-refractivity contribution in [3.8, 4) is 0 Å². The number of piperidine rings is 1. The lowest BCUT2D eigenvalue weighted by atomic mass is 9.92. The van der Waals surface area contributed by atoms with Crippen LogP contribution in [0, 0.1) is 5.92 Å². The third kappa shape index (κ3) is 4.11. The second kappa shape index (κ2) is 6.40. The first kappa shape index (κ1) is 15.3. The third-order valence-corrected chi connectivity index (χ3v) is 3.61. The van der Waals surface area contributed by atoms with E-state index in [0.717, 1.165) is 12.8 Å². The largest absolute Gasteiger partial charge is 0.481 e.